The van der Waals surface area contributed by atoms with Crippen LogP contribution in [-0.2, 0) is 19.6 Å². The van der Waals surface area contributed by atoms with E-state index in [0.717, 1.165) is 12.8 Å². The van der Waals surface area contributed by atoms with E-state index in [1.54, 1.807) is 0 Å². The van der Waals surface area contributed by atoms with E-state index in [0.29, 0.717) is 13.0 Å². The van der Waals surface area contributed by atoms with Crippen molar-refractivity contribution < 1.29 is 19.6 Å². The van der Waals surface area contributed by atoms with Crippen LogP contribution in [0.4, 0.5) is 0 Å². The normalized spacial score (nSPS) is 22.0. The Kier molecular flexibility index (Phi) is 2.48. The summed E-state index contributed by atoms with van der Waals surface area (Å²) in [6.45, 7) is 0.493. The minimum atomic E-state index is -0.366. The molecule has 0 aliphatic carbocycles. The summed E-state index contributed by atoms with van der Waals surface area (Å²) >= 11 is 0. The van der Waals surface area contributed by atoms with Gasteiger partial charge in [0, 0.05) is 6.42 Å². The van der Waals surface area contributed by atoms with Gasteiger partial charge in [-0.3, -0.25) is 4.89 Å². The van der Waals surface area contributed by atoms with Gasteiger partial charge in [0.05, 0.1) is 6.61 Å². The molecule has 4 nitrogen and oxygen atoms in total. The zero-order valence-corrected chi connectivity index (χ0v) is 4.96. The fourth-order valence-corrected chi connectivity index (χ4v) is 0.568. The predicted molar refractivity (Wildman–Crippen MR) is 27.0 cm³/mol. The highest BCUT2D eigenvalue weighted by atomic mass is 17.5. The van der Waals surface area contributed by atoms with Crippen LogP contribution in [0.3, 0.4) is 0 Å². The molecular weight excluding hydrogens is 124 g/mol. The lowest BCUT2D eigenvalue weighted by atomic mass is 10.2. The fraction of sp³-hybridized carbons (Fsp3) is 0.800. The molecule has 0 spiro atoms. The van der Waals surface area contributed by atoms with Gasteiger partial charge in [-0.15, -0.1) is 0 Å². The maximum absolute atomic E-state index is 10.4. The van der Waals surface area contributed by atoms with Gasteiger partial charge in [-0.25, -0.2) is 4.79 Å². The van der Waals surface area contributed by atoms with E-state index in [-0.39, 0.29) is 5.97 Å². The van der Waals surface area contributed by atoms with E-state index in [2.05, 4.69) is 14.8 Å². The second kappa shape index (κ2) is 3.42. The third-order valence-electron chi connectivity index (χ3n) is 1.03. The summed E-state index contributed by atoms with van der Waals surface area (Å²) in [5.74, 6) is -0.366. The summed E-state index contributed by atoms with van der Waals surface area (Å²) in [6, 6.07) is 0. The molecule has 1 rings (SSSR count). The molecule has 1 heterocycles. The molecule has 0 aromatic carbocycles. The summed E-state index contributed by atoms with van der Waals surface area (Å²) in [5.41, 5.74) is 0. The summed E-state index contributed by atoms with van der Waals surface area (Å²) in [4.78, 5) is 18.9. The number of hydrogen-bond donors (Lipinski definition) is 0. The van der Waals surface area contributed by atoms with Gasteiger partial charge in [0.2, 0.25) is 0 Å². The van der Waals surface area contributed by atoms with Crippen molar-refractivity contribution in [3.8, 4) is 0 Å². The monoisotopic (exact) mass is 132 g/mol. The number of rotatable bonds is 0. The maximum Gasteiger partial charge on any atom is 0.345 e. The lowest BCUT2D eigenvalue weighted by Gasteiger charge is -2.05. The lowest BCUT2D eigenvalue weighted by molar-refractivity contribution is -0.488. The first kappa shape index (κ1) is 6.51. The van der Waals surface area contributed by atoms with Crippen LogP contribution in [0.2, 0.25) is 0 Å². The molecule has 4 heteroatoms. The van der Waals surface area contributed by atoms with Crippen molar-refractivity contribution in [2.75, 3.05) is 6.61 Å². The van der Waals surface area contributed by atoms with E-state index < -0.39 is 0 Å². The Morgan fingerprint density at radius 1 is 1.33 bits per heavy atom. The number of carbonyl (C=O) groups is 1. The second-order valence-corrected chi connectivity index (χ2v) is 1.80. The highest BCUT2D eigenvalue weighted by Crippen LogP contribution is 2.02. The first-order chi connectivity index (χ1) is 4.39. The molecule has 1 fully saturated rings. The number of carbonyl (C=O) groups excluding carboxylic acids is 1. The van der Waals surface area contributed by atoms with Gasteiger partial charge in [0.1, 0.15) is 0 Å². The summed E-state index contributed by atoms with van der Waals surface area (Å²) in [6.07, 6.45) is 2.07. The Bertz CT molecular complexity index is 91.1. The topological polar surface area (TPSA) is 44.8 Å². The lowest BCUT2D eigenvalue weighted by Crippen LogP contribution is -2.10. The molecule has 0 radical (unpaired) electrons. The van der Waals surface area contributed by atoms with E-state index in [1.165, 1.54) is 0 Å². The standard InChI is InChI=1S/C5H8O4/c6-5-3-1-2-4-7-9-8-5/h1-4H2. The third-order valence-corrected chi connectivity index (χ3v) is 1.03. The molecule has 0 N–H and O–H groups in total. The molecule has 0 amide bonds. The molecular formula is C5H8O4. The SMILES string of the molecule is O=C1CCCCOOO1. The quantitative estimate of drug-likeness (QED) is 0.452. The van der Waals surface area contributed by atoms with E-state index in [4.69, 9.17) is 0 Å². The Morgan fingerprint density at radius 2 is 2.22 bits per heavy atom. The van der Waals surface area contributed by atoms with Gasteiger partial charge >= 0.3 is 5.97 Å². The summed E-state index contributed by atoms with van der Waals surface area (Å²) in [5, 5.41) is 4.04. The molecule has 0 saturated carbocycles. The molecule has 9 heavy (non-hydrogen) atoms. The van der Waals surface area contributed by atoms with Gasteiger partial charge in [0.25, 0.3) is 0 Å². The van der Waals surface area contributed by atoms with Crippen molar-refractivity contribution >= 4 is 5.97 Å². The van der Waals surface area contributed by atoms with Crippen LogP contribution < -0.4 is 0 Å². The molecule has 0 bridgehead atoms. The second-order valence-electron chi connectivity index (χ2n) is 1.80. The number of hydrogen-bond acceptors (Lipinski definition) is 4. The van der Waals surface area contributed by atoms with Crippen molar-refractivity contribution in [3.05, 3.63) is 0 Å². The van der Waals surface area contributed by atoms with E-state index >= 15 is 0 Å². The van der Waals surface area contributed by atoms with Gasteiger partial charge in [-0.1, -0.05) is 0 Å². The molecule has 1 aliphatic rings. The first-order valence-corrected chi connectivity index (χ1v) is 2.88. The molecule has 1 aliphatic heterocycles. The van der Waals surface area contributed by atoms with Crippen LogP contribution in [0.15, 0.2) is 0 Å². The predicted octanol–water partition coefficient (Wildman–Crippen LogP) is 0.577. The molecule has 1 saturated heterocycles. The van der Waals surface area contributed by atoms with Gasteiger partial charge in [-0.05, 0) is 17.9 Å². The van der Waals surface area contributed by atoms with Crippen molar-refractivity contribution in [3.63, 3.8) is 0 Å². The van der Waals surface area contributed by atoms with Crippen molar-refractivity contribution in [1.82, 2.24) is 0 Å². The molecule has 0 aromatic heterocycles. The van der Waals surface area contributed by atoms with Crippen molar-refractivity contribution in [2.45, 2.75) is 19.3 Å². The van der Waals surface area contributed by atoms with Gasteiger partial charge in [0.15, 0.2) is 0 Å². The smallest absolute Gasteiger partial charge is 0.269 e. The van der Waals surface area contributed by atoms with Crippen LogP contribution in [-0.4, -0.2) is 12.6 Å². The molecule has 0 unspecified atom stereocenters. The van der Waals surface area contributed by atoms with Gasteiger partial charge < -0.3 is 0 Å². The van der Waals surface area contributed by atoms with Crippen molar-refractivity contribution in [2.24, 2.45) is 0 Å². The minimum absolute atomic E-state index is 0.366. The summed E-state index contributed by atoms with van der Waals surface area (Å²) in [7, 11) is 0. The average Bonchev–Trinajstić information content (AvgIpc) is 1.79. The Morgan fingerprint density at radius 3 is 3.11 bits per heavy atom. The average molecular weight is 132 g/mol. The minimum Gasteiger partial charge on any atom is -0.269 e. The van der Waals surface area contributed by atoms with Gasteiger partial charge in [-0.2, -0.15) is 4.89 Å². The first-order valence-electron chi connectivity index (χ1n) is 2.88. The summed E-state index contributed by atoms with van der Waals surface area (Å²) < 4.78 is 0. The van der Waals surface area contributed by atoms with E-state index in [1.807, 2.05) is 0 Å². The van der Waals surface area contributed by atoms with Crippen LogP contribution in [0, 0.1) is 0 Å². The maximum atomic E-state index is 10.4. The molecule has 0 aromatic rings. The van der Waals surface area contributed by atoms with Crippen molar-refractivity contribution in [1.29, 1.82) is 0 Å². The van der Waals surface area contributed by atoms with Crippen LogP contribution in [0.1, 0.15) is 19.3 Å². The molecule has 52 valence electrons. The zero-order valence-electron chi connectivity index (χ0n) is 4.96. The third kappa shape index (κ3) is 2.43. The van der Waals surface area contributed by atoms with Crippen LogP contribution >= 0.6 is 0 Å². The largest absolute Gasteiger partial charge is 0.345 e. The van der Waals surface area contributed by atoms with Crippen LogP contribution in [0.5, 0.6) is 0 Å². The Labute approximate surface area is 52.6 Å². The zero-order chi connectivity index (χ0) is 6.53. The van der Waals surface area contributed by atoms with Crippen LogP contribution in [0.25, 0.3) is 0 Å². The Hall–Kier alpha value is -0.610. The van der Waals surface area contributed by atoms with E-state index in [9.17, 15) is 4.79 Å². The Balaban J connectivity index is 2.20. The highest BCUT2D eigenvalue weighted by Gasteiger charge is 2.07. The fourth-order valence-electron chi connectivity index (χ4n) is 0.568. The molecule has 0 atom stereocenters. The highest BCUT2D eigenvalue weighted by molar-refractivity contribution is 5.68.